The number of hydrogen-bond donors (Lipinski definition) is 0. The van der Waals surface area contributed by atoms with Gasteiger partial charge in [-0.25, -0.2) is 4.98 Å². The number of amides is 1. The number of benzene rings is 1. The van der Waals surface area contributed by atoms with Crippen molar-refractivity contribution >= 4 is 38.8 Å². The van der Waals surface area contributed by atoms with E-state index in [-0.39, 0.29) is 5.92 Å². The summed E-state index contributed by atoms with van der Waals surface area (Å²) in [5, 5.41) is 1.23. The molecule has 0 bridgehead atoms. The fourth-order valence-electron chi connectivity index (χ4n) is 4.90. The van der Waals surface area contributed by atoms with Gasteiger partial charge in [0.2, 0.25) is 5.91 Å². The lowest BCUT2D eigenvalue weighted by Gasteiger charge is -2.40. The molecule has 3 aromatic rings. The molecule has 5 nitrogen and oxygen atoms in total. The zero-order chi connectivity index (χ0) is 21.4. The smallest absolute Gasteiger partial charge is 0.227 e. The fourth-order valence-corrected chi connectivity index (χ4v) is 5.81. The molecule has 2 aromatic heterocycles. The molecule has 0 saturated carbocycles. The minimum Gasteiger partial charge on any atom is -0.368 e. The number of nitrogens with zero attached hydrogens (tertiary/aromatic N) is 4. The highest BCUT2D eigenvalue weighted by Gasteiger charge is 2.32. The van der Waals surface area contributed by atoms with Gasteiger partial charge in [0.05, 0.1) is 5.92 Å². The second-order valence-electron chi connectivity index (χ2n) is 8.84. The molecule has 1 atom stereocenters. The monoisotopic (exact) mass is 434 g/mol. The summed E-state index contributed by atoms with van der Waals surface area (Å²) in [6.45, 7) is 9.43. The molecule has 0 radical (unpaired) electrons. The van der Waals surface area contributed by atoms with Crippen LogP contribution in [0.5, 0.6) is 0 Å². The Morgan fingerprint density at radius 2 is 1.77 bits per heavy atom. The van der Waals surface area contributed by atoms with E-state index in [0.29, 0.717) is 5.91 Å². The minimum absolute atomic E-state index is 0.0662. The van der Waals surface area contributed by atoms with Gasteiger partial charge in [-0.2, -0.15) is 0 Å². The Hall–Kier alpha value is -2.60. The Balaban J connectivity index is 1.24. The number of piperidine rings is 1. The van der Waals surface area contributed by atoms with Gasteiger partial charge in [0.15, 0.2) is 0 Å². The molecule has 0 unspecified atom stereocenters. The number of thiophene rings is 1. The van der Waals surface area contributed by atoms with Gasteiger partial charge < -0.3 is 14.7 Å². The van der Waals surface area contributed by atoms with Gasteiger partial charge in [-0.1, -0.05) is 17.7 Å². The maximum absolute atomic E-state index is 13.3. The molecule has 1 aromatic carbocycles. The Morgan fingerprint density at radius 1 is 1.00 bits per heavy atom. The Labute approximate surface area is 188 Å². The number of fused-ring (bicyclic) bond motifs is 1. The molecule has 0 N–H and O–H groups in total. The van der Waals surface area contributed by atoms with Crippen molar-refractivity contribution in [3.8, 4) is 0 Å². The molecule has 31 heavy (non-hydrogen) atoms. The van der Waals surface area contributed by atoms with Crippen molar-refractivity contribution in [1.82, 2.24) is 9.88 Å². The van der Waals surface area contributed by atoms with E-state index < -0.39 is 0 Å². The molecular weight excluding hydrogens is 404 g/mol. The van der Waals surface area contributed by atoms with Crippen LogP contribution in [0, 0.1) is 19.8 Å². The molecule has 2 aliphatic heterocycles. The first kappa shape index (κ1) is 20.3. The first-order chi connectivity index (χ1) is 15.1. The molecule has 2 fully saturated rings. The van der Waals surface area contributed by atoms with E-state index in [1.807, 2.05) is 17.5 Å². The van der Waals surface area contributed by atoms with E-state index in [9.17, 15) is 4.79 Å². The average Bonchev–Trinajstić information content (AvgIpc) is 3.19. The highest BCUT2D eigenvalue weighted by molar-refractivity contribution is 7.19. The van der Waals surface area contributed by atoms with Gasteiger partial charge in [-0.3, -0.25) is 4.79 Å². The van der Waals surface area contributed by atoms with E-state index in [0.717, 1.165) is 57.9 Å². The quantitative estimate of drug-likeness (QED) is 0.609. The summed E-state index contributed by atoms with van der Waals surface area (Å²) in [6, 6.07) is 13.0. The maximum atomic E-state index is 13.3. The normalized spacial score (nSPS) is 19.8. The molecule has 6 heteroatoms. The molecule has 2 saturated heterocycles. The van der Waals surface area contributed by atoms with E-state index >= 15 is 0 Å². The topological polar surface area (TPSA) is 39.7 Å². The lowest BCUT2D eigenvalue weighted by atomic mass is 9.96. The third kappa shape index (κ3) is 4.13. The van der Waals surface area contributed by atoms with Crippen LogP contribution in [0.25, 0.3) is 10.1 Å². The maximum Gasteiger partial charge on any atom is 0.227 e. The molecule has 5 rings (SSSR count). The molecule has 1 amide bonds. The van der Waals surface area contributed by atoms with Crippen LogP contribution in [0.4, 0.5) is 11.5 Å². The van der Waals surface area contributed by atoms with E-state index in [4.69, 9.17) is 4.98 Å². The van der Waals surface area contributed by atoms with Crippen LogP contribution in [-0.2, 0) is 4.79 Å². The summed E-state index contributed by atoms with van der Waals surface area (Å²) < 4.78 is 1.28. The SMILES string of the molecule is Cc1ccc(N2CCN(C(=O)[C@@H]3CCCN(c4nccc5sc(C)cc45)C3)CC2)cc1. The zero-order valence-electron chi connectivity index (χ0n) is 18.4. The van der Waals surface area contributed by atoms with Gasteiger partial charge >= 0.3 is 0 Å². The van der Waals surface area contributed by atoms with Crippen molar-refractivity contribution in [1.29, 1.82) is 0 Å². The Morgan fingerprint density at radius 3 is 2.55 bits per heavy atom. The predicted molar refractivity (Wildman–Crippen MR) is 129 cm³/mol. The lowest BCUT2D eigenvalue weighted by molar-refractivity contribution is -0.136. The van der Waals surface area contributed by atoms with Gasteiger partial charge in [0.1, 0.15) is 5.82 Å². The van der Waals surface area contributed by atoms with E-state index in [2.05, 4.69) is 64.9 Å². The van der Waals surface area contributed by atoms with Gasteiger partial charge in [0, 0.05) is 66.1 Å². The first-order valence-electron chi connectivity index (χ1n) is 11.3. The van der Waals surface area contributed by atoms with Gasteiger partial charge in [0.25, 0.3) is 0 Å². The number of rotatable bonds is 3. The fraction of sp³-hybridized carbons (Fsp3) is 0.440. The number of carbonyl (C=O) groups excluding carboxylic acids is 1. The summed E-state index contributed by atoms with van der Waals surface area (Å²) in [5.74, 6) is 1.43. The molecular formula is C25H30N4OS. The summed E-state index contributed by atoms with van der Waals surface area (Å²) in [6.07, 6.45) is 3.93. The van der Waals surface area contributed by atoms with Crippen molar-refractivity contribution in [2.24, 2.45) is 5.92 Å². The number of aromatic nitrogens is 1. The lowest BCUT2D eigenvalue weighted by Crippen LogP contribution is -2.52. The summed E-state index contributed by atoms with van der Waals surface area (Å²) in [7, 11) is 0. The van der Waals surface area contributed by atoms with Crippen LogP contribution in [0.1, 0.15) is 23.3 Å². The van der Waals surface area contributed by atoms with Crippen LogP contribution < -0.4 is 9.80 Å². The standard InChI is InChI=1S/C25H30N4OS/c1-18-5-7-21(8-6-18)27-12-14-28(15-13-27)25(30)20-4-3-11-29(17-20)24-22-16-19(2)31-23(22)9-10-26-24/h5-10,16,20H,3-4,11-15,17H2,1-2H3/t20-/m1/s1. The number of piperazine rings is 1. The molecule has 162 valence electrons. The Kier molecular flexibility index (Phi) is 5.57. The molecule has 0 aliphatic carbocycles. The predicted octanol–water partition coefficient (Wildman–Crippen LogP) is 4.48. The highest BCUT2D eigenvalue weighted by Crippen LogP contribution is 2.33. The van der Waals surface area contributed by atoms with Gasteiger partial charge in [-0.05, 0) is 51.0 Å². The number of aryl methyl sites for hydroxylation is 2. The van der Waals surface area contributed by atoms with Crippen LogP contribution in [0.15, 0.2) is 42.6 Å². The summed E-state index contributed by atoms with van der Waals surface area (Å²) in [4.78, 5) is 26.2. The van der Waals surface area contributed by atoms with Crippen LogP contribution >= 0.6 is 11.3 Å². The Bertz CT molecular complexity index is 1070. The second kappa shape index (κ2) is 8.50. The second-order valence-corrected chi connectivity index (χ2v) is 10.1. The third-order valence-corrected chi connectivity index (χ3v) is 7.62. The molecule has 0 spiro atoms. The van der Waals surface area contributed by atoms with E-state index in [1.54, 1.807) is 0 Å². The van der Waals surface area contributed by atoms with Crippen molar-refractivity contribution < 1.29 is 4.79 Å². The number of pyridine rings is 1. The highest BCUT2D eigenvalue weighted by atomic mass is 32.1. The van der Waals surface area contributed by atoms with Crippen LogP contribution in [0.2, 0.25) is 0 Å². The van der Waals surface area contributed by atoms with Crippen molar-refractivity contribution in [3.05, 3.63) is 53.0 Å². The average molecular weight is 435 g/mol. The molecule has 2 aliphatic rings. The zero-order valence-corrected chi connectivity index (χ0v) is 19.2. The minimum atomic E-state index is 0.0662. The summed E-state index contributed by atoms with van der Waals surface area (Å²) in [5.41, 5.74) is 2.54. The van der Waals surface area contributed by atoms with Gasteiger partial charge in [-0.15, -0.1) is 11.3 Å². The largest absolute Gasteiger partial charge is 0.368 e. The summed E-state index contributed by atoms with van der Waals surface area (Å²) >= 11 is 1.81. The number of carbonyl (C=O) groups is 1. The first-order valence-corrected chi connectivity index (χ1v) is 12.1. The third-order valence-electron chi connectivity index (χ3n) is 6.61. The molecule has 4 heterocycles. The number of hydrogen-bond acceptors (Lipinski definition) is 5. The van der Waals surface area contributed by atoms with E-state index in [1.165, 1.54) is 26.2 Å². The number of anilines is 2. The van der Waals surface area contributed by atoms with Crippen LogP contribution in [-0.4, -0.2) is 55.1 Å². The van der Waals surface area contributed by atoms with Crippen molar-refractivity contribution in [3.63, 3.8) is 0 Å². The van der Waals surface area contributed by atoms with Crippen LogP contribution in [0.3, 0.4) is 0 Å². The van der Waals surface area contributed by atoms with Crippen molar-refractivity contribution in [2.75, 3.05) is 49.1 Å². The van der Waals surface area contributed by atoms with Crippen molar-refractivity contribution in [2.45, 2.75) is 26.7 Å².